The maximum Gasteiger partial charge on any atom is 0.318 e. The van der Waals surface area contributed by atoms with Gasteiger partial charge in [0.15, 0.2) is 0 Å². The highest BCUT2D eigenvalue weighted by Gasteiger charge is 2.33. The number of carbonyl (C=O) groups excluding carboxylic acids is 1. The van der Waals surface area contributed by atoms with Gasteiger partial charge in [0.2, 0.25) is 0 Å². The van der Waals surface area contributed by atoms with Gasteiger partial charge in [-0.1, -0.05) is 24.3 Å². The third-order valence-corrected chi connectivity index (χ3v) is 4.50. The van der Waals surface area contributed by atoms with Crippen LogP contribution < -0.4 is 10.1 Å². The molecule has 1 aliphatic rings. The Kier molecular flexibility index (Phi) is 6.10. The quantitative estimate of drug-likeness (QED) is 0.786. The summed E-state index contributed by atoms with van der Waals surface area (Å²) in [6, 6.07) is 12.3. The number of nitrogens with one attached hydrogen (secondary N) is 1. The molecule has 1 atom stereocenters. The highest BCUT2D eigenvalue weighted by Crippen LogP contribution is 2.30. The number of benzene rings is 1. The Balaban J connectivity index is 1.63. The molecule has 1 unspecified atom stereocenters. The molecule has 1 aliphatic carbocycles. The Morgan fingerprint density at radius 3 is 2.81 bits per heavy atom. The van der Waals surface area contributed by atoms with Crippen LogP contribution in [-0.2, 0) is 13.0 Å². The zero-order valence-electron chi connectivity index (χ0n) is 15.5. The Hall–Kier alpha value is -2.56. The van der Waals surface area contributed by atoms with Gasteiger partial charge in [-0.15, -0.1) is 0 Å². The van der Waals surface area contributed by atoms with Gasteiger partial charge in [0.05, 0.1) is 13.2 Å². The lowest BCUT2D eigenvalue weighted by molar-refractivity contribution is 0.187. The van der Waals surface area contributed by atoms with Crippen LogP contribution in [0.5, 0.6) is 5.75 Å². The molecule has 1 saturated carbocycles. The lowest BCUT2D eigenvalue weighted by Crippen LogP contribution is -2.45. The van der Waals surface area contributed by atoms with E-state index in [1.165, 1.54) is 0 Å². The topological polar surface area (TPSA) is 54.5 Å². The first-order chi connectivity index (χ1) is 12.7. The number of ether oxygens (including phenoxy) is 1. The average molecular weight is 353 g/mol. The molecule has 1 fully saturated rings. The lowest BCUT2D eigenvalue weighted by Gasteiger charge is -2.26. The van der Waals surface area contributed by atoms with Crippen molar-refractivity contribution in [1.29, 1.82) is 0 Å². The van der Waals surface area contributed by atoms with Gasteiger partial charge >= 0.3 is 6.03 Å². The molecule has 0 saturated heterocycles. The van der Waals surface area contributed by atoms with Crippen LogP contribution in [0.1, 0.15) is 37.8 Å². The Bertz CT molecular complexity index is 716. The zero-order chi connectivity index (χ0) is 18.4. The standard InChI is InChI=1S/C21H27N3O2/c1-3-26-20-9-5-4-8-18(20)15-24(19-10-11-19)21(25)23-16(2)13-17-7-6-12-22-14-17/h4-9,12,14,16,19H,3,10-11,13,15H2,1-2H3,(H,23,25). The van der Waals surface area contributed by atoms with Crippen molar-refractivity contribution in [3.05, 3.63) is 59.9 Å². The molecule has 2 aromatic rings. The van der Waals surface area contributed by atoms with E-state index < -0.39 is 0 Å². The minimum absolute atomic E-state index is 0.00445. The van der Waals surface area contributed by atoms with Crippen LogP contribution >= 0.6 is 0 Å². The number of pyridine rings is 1. The minimum Gasteiger partial charge on any atom is -0.494 e. The van der Waals surface area contributed by atoms with Crippen LogP contribution in [-0.4, -0.2) is 34.6 Å². The van der Waals surface area contributed by atoms with E-state index in [1.807, 2.05) is 61.3 Å². The number of carbonyl (C=O) groups is 1. The fourth-order valence-corrected chi connectivity index (χ4v) is 3.08. The number of hydrogen-bond acceptors (Lipinski definition) is 3. The first-order valence-electron chi connectivity index (χ1n) is 9.34. The van der Waals surface area contributed by atoms with Crippen molar-refractivity contribution >= 4 is 6.03 Å². The summed E-state index contributed by atoms with van der Waals surface area (Å²) in [5.74, 6) is 0.858. The van der Waals surface area contributed by atoms with Gasteiger partial charge in [-0.25, -0.2) is 4.79 Å². The van der Waals surface area contributed by atoms with Gasteiger partial charge in [-0.3, -0.25) is 4.98 Å². The maximum atomic E-state index is 12.9. The normalized spacial score (nSPS) is 14.5. The molecule has 2 amide bonds. The van der Waals surface area contributed by atoms with E-state index in [0.29, 0.717) is 19.2 Å². The number of aromatic nitrogens is 1. The molecule has 1 aromatic heterocycles. The van der Waals surface area contributed by atoms with Crippen LogP contribution in [0, 0.1) is 0 Å². The number of amides is 2. The highest BCUT2D eigenvalue weighted by molar-refractivity contribution is 5.75. The summed E-state index contributed by atoms with van der Waals surface area (Å²) in [6.45, 7) is 5.20. The molecule has 5 nitrogen and oxygen atoms in total. The molecule has 1 heterocycles. The molecule has 5 heteroatoms. The highest BCUT2D eigenvalue weighted by atomic mass is 16.5. The largest absolute Gasteiger partial charge is 0.494 e. The van der Waals surface area contributed by atoms with Gasteiger partial charge in [0, 0.05) is 30.0 Å². The molecule has 0 radical (unpaired) electrons. The van der Waals surface area contributed by atoms with Crippen molar-refractivity contribution in [1.82, 2.24) is 15.2 Å². The van der Waals surface area contributed by atoms with Crippen molar-refractivity contribution in [3.8, 4) is 5.75 Å². The van der Waals surface area contributed by atoms with E-state index in [1.54, 1.807) is 6.20 Å². The van der Waals surface area contributed by atoms with Crippen LogP contribution in [0.4, 0.5) is 4.79 Å². The Morgan fingerprint density at radius 2 is 2.12 bits per heavy atom. The van der Waals surface area contributed by atoms with E-state index in [4.69, 9.17) is 4.74 Å². The molecule has 138 valence electrons. The van der Waals surface area contributed by atoms with Gasteiger partial charge < -0.3 is 15.0 Å². The van der Waals surface area contributed by atoms with E-state index in [-0.39, 0.29) is 12.1 Å². The van der Waals surface area contributed by atoms with Gasteiger partial charge in [0.25, 0.3) is 0 Å². The first-order valence-corrected chi connectivity index (χ1v) is 9.34. The lowest BCUT2D eigenvalue weighted by atomic mass is 10.1. The van der Waals surface area contributed by atoms with Gasteiger partial charge in [0.1, 0.15) is 5.75 Å². The summed E-state index contributed by atoms with van der Waals surface area (Å²) < 4.78 is 5.71. The van der Waals surface area contributed by atoms with Crippen molar-refractivity contribution in [2.45, 2.75) is 51.7 Å². The summed E-state index contributed by atoms with van der Waals surface area (Å²) in [5.41, 5.74) is 2.18. The molecule has 0 bridgehead atoms. The van der Waals surface area contributed by atoms with E-state index in [2.05, 4.69) is 10.3 Å². The predicted molar refractivity (Wildman–Crippen MR) is 102 cm³/mol. The second-order valence-corrected chi connectivity index (χ2v) is 6.82. The third kappa shape index (κ3) is 4.97. The average Bonchev–Trinajstić information content (AvgIpc) is 3.46. The molecule has 3 rings (SSSR count). The number of rotatable bonds is 8. The second kappa shape index (κ2) is 8.70. The van der Waals surface area contributed by atoms with Crippen LogP contribution in [0.3, 0.4) is 0 Å². The van der Waals surface area contributed by atoms with Crippen LogP contribution in [0.25, 0.3) is 0 Å². The number of hydrogen-bond donors (Lipinski definition) is 1. The molecule has 0 aliphatic heterocycles. The predicted octanol–water partition coefficient (Wildman–Crippen LogP) is 3.79. The molecule has 0 spiro atoms. The van der Waals surface area contributed by atoms with Crippen molar-refractivity contribution < 1.29 is 9.53 Å². The van der Waals surface area contributed by atoms with Gasteiger partial charge in [-0.2, -0.15) is 0 Å². The minimum atomic E-state index is -0.00445. The summed E-state index contributed by atoms with van der Waals surface area (Å²) in [6.07, 6.45) is 6.52. The van der Waals surface area contributed by atoms with Crippen molar-refractivity contribution in [2.24, 2.45) is 0 Å². The first kappa shape index (κ1) is 18.2. The van der Waals surface area contributed by atoms with E-state index in [9.17, 15) is 4.79 Å². The Morgan fingerprint density at radius 1 is 1.31 bits per heavy atom. The Labute approximate surface area is 155 Å². The number of para-hydroxylation sites is 1. The monoisotopic (exact) mass is 353 g/mol. The number of nitrogens with zero attached hydrogens (tertiary/aromatic N) is 2. The smallest absolute Gasteiger partial charge is 0.318 e. The SMILES string of the molecule is CCOc1ccccc1CN(C(=O)NC(C)Cc1cccnc1)C1CC1. The summed E-state index contributed by atoms with van der Waals surface area (Å²) >= 11 is 0. The van der Waals surface area contributed by atoms with Crippen LogP contribution in [0.2, 0.25) is 0 Å². The second-order valence-electron chi connectivity index (χ2n) is 6.82. The molecule has 1 N–H and O–H groups in total. The zero-order valence-corrected chi connectivity index (χ0v) is 15.5. The fraction of sp³-hybridized carbons (Fsp3) is 0.429. The molecule has 1 aromatic carbocycles. The molecular formula is C21H27N3O2. The number of urea groups is 1. The maximum absolute atomic E-state index is 12.9. The van der Waals surface area contributed by atoms with Crippen LogP contribution in [0.15, 0.2) is 48.8 Å². The summed E-state index contributed by atoms with van der Waals surface area (Å²) in [7, 11) is 0. The van der Waals surface area contributed by atoms with Crippen molar-refractivity contribution in [2.75, 3.05) is 6.61 Å². The van der Waals surface area contributed by atoms with E-state index in [0.717, 1.165) is 36.1 Å². The molecular weight excluding hydrogens is 326 g/mol. The van der Waals surface area contributed by atoms with Crippen molar-refractivity contribution in [3.63, 3.8) is 0 Å². The molecule has 26 heavy (non-hydrogen) atoms. The third-order valence-electron chi connectivity index (χ3n) is 4.50. The summed E-state index contributed by atoms with van der Waals surface area (Å²) in [4.78, 5) is 18.9. The van der Waals surface area contributed by atoms with Gasteiger partial charge in [-0.05, 0) is 50.8 Å². The van der Waals surface area contributed by atoms with E-state index >= 15 is 0 Å². The fourth-order valence-electron chi connectivity index (χ4n) is 3.08. The summed E-state index contributed by atoms with van der Waals surface area (Å²) in [5, 5.41) is 3.14.